The minimum Gasteiger partial charge on any atom is -0.475 e. The van der Waals surface area contributed by atoms with Crippen LogP contribution in [0, 0.1) is 5.82 Å². The van der Waals surface area contributed by atoms with Crippen LogP contribution < -0.4 is 0 Å². The van der Waals surface area contributed by atoms with Gasteiger partial charge in [-0.25, -0.2) is 9.18 Å². The quantitative estimate of drug-likeness (QED) is 0.884. The van der Waals surface area contributed by atoms with E-state index in [1.54, 1.807) is 0 Å². The lowest BCUT2D eigenvalue weighted by Gasteiger charge is -2.01. The van der Waals surface area contributed by atoms with Crippen molar-refractivity contribution in [3.63, 3.8) is 0 Å². The first-order valence-corrected chi connectivity index (χ1v) is 5.62. The highest BCUT2D eigenvalue weighted by molar-refractivity contribution is 9.10. The van der Waals surface area contributed by atoms with Gasteiger partial charge in [-0.15, -0.1) is 0 Å². The van der Waals surface area contributed by atoms with Gasteiger partial charge in [0.05, 0.1) is 4.47 Å². The molecule has 1 aromatic carbocycles. The summed E-state index contributed by atoms with van der Waals surface area (Å²) in [7, 11) is 0. The van der Waals surface area contributed by atoms with Crippen LogP contribution in [0.15, 0.2) is 39.2 Å². The van der Waals surface area contributed by atoms with Gasteiger partial charge in [0.15, 0.2) is 5.76 Å². The van der Waals surface area contributed by atoms with Crippen LogP contribution in [-0.2, 0) is 0 Å². The maximum atomic E-state index is 13.3. The molecule has 18 heavy (non-hydrogen) atoms. The second-order valence-corrected chi connectivity index (χ2v) is 4.19. The van der Waals surface area contributed by atoms with Crippen LogP contribution in [0.1, 0.15) is 26.7 Å². The van der Waals surface area contributed by atoms with Gasteiger partial charge in [-0.2, -0.15) is 0 Å². The van der Waals surface area contributed by atoms with Crippen LogP contribution in [0.2, 0.25) is 0 Å². The van der Waals surface area contributed by atoms with E-state index in [1.165, 1.54) is 30.3 Å². The van der Waals surface area contributed by atoms with Crippen LogP contribution in [-0.4, -0.2) is 16.9 Å². The van der Waals surface area contributed by atoms with E-state index in [4.69, 9.17) is 9.52 Å². The zero-order chi connectivity index (χ0) is 13.3. The van der Waals surface area contributed by atoms with E-state index in [9.17, 15) is 14.0 Å². The number of hydrogen-bond acceptors (Lipinski definition) is 3. The molecule has 2 aromatic rings. The Labute approximate surface area is 109 Å². The zero-order valence-corrected chi connectivity index (χ0v) is 10.4. The van der Waals surface area contributed by atoms with Crippen molar-refractivity contribution < 1.29 is 23.5 Å². The Bertz CT molecular complexity index is 633. The monoisotopic (exact) mass is 312 g/mol. The molecule has 0 spiro atoms. The number of aromatic carboxylic acids is 1. The number of furan rings is 1. The first kappa shape index (κ1) is 12.5. The van der Waals surface area contributed by atoms with Crippen LogP contribution >= 0.6 is 15.9 Å². The molecule has 0 radical (unpaired) electrons. The summed E-state index contributed by atoms with van der Waals surface area (Å²) in [6, 6.07) is 6.41. The van der Waals surface area contributed by atoms with Crippen LogP contribution in [0.25, 0.3) is 0 Å². The van der Waals surface area contributed by atoms with Crippen molar-refractivity contribution >= 4 is 27.7 Å². The molecule has 1 N–H and O–H groups in total. The van der Waals surface area contributed by atoms with Crippen LogP contribution in [0.3, 0.4) is 0 Å². The van der Waals surface area contributed by atoms with Crippen molar-refractivity contribution in [1.29, 1.82) is 0 Å². The fourth-order valence-corrected chi connectivity index (χ4v) is 1.83. The highest BCUT2D eigenvalue weighted by Gasteiger charge is 2.19. The number of ketones is 1. The third-order valence-electron chi connectivity index (χ3n) is 2.24. The summed E-state index contributed by atoms with van der Waals surface area (Å²) in [4.78, 5) is 22.6. The lowest BCUT2D eigenvalue weighted by Crippen LogP contribution is -2.02. The molecule has 0 saturated carbocycles. The first-order valence-electron chi connectivity index (χ1n) is 4.82. The SMILES string of the molecule is O=C(O)c1ccc(C(=O)c2cccc(F)c2Br)o1. The molecule has 92 valence electrons. The number of carbonyl (C=O) groups excluding carboxylic acids is 1. The standard InChI is InChI=1S/C12H6BrFO4/c13-10-6(2-1-3-7(10)14)11(15)8-4-5-9(18-8)12(16)17/h1-5H,(H,16,17). The maximum absolute atomic E-state index is 13.3. The molecule has 1 heterocycles. The minimum atomic E-state index is -1.27. The highest BCUT2D eigenvalue weighted by atomic mass is 79.9. The Hall–Kier alpha value is -1.95. The maximum Gasteiger partial charge on any atom is 0.371 e. The third kappa shape index (κ3) is 2.19. The van der Waals surface area contributed by atoms with Crippen molar-refractivity contribution in [2.24, 2.45) is 0 Å². The van der Waals surface area contributed by atoms with E-state index in [0.29, 0.717) is 0 Å². The molecule has 0 saturated heterocycles. The summed E-state index contributed by atoms with van der Waals surface area (Å²) in [5, 5.41) is 8.67. The lowest BCUT2D eigenvalue weighted by atomic mass is 10.1. The molecule has 0 bridgehead atoms. The average molecular weight is 313 g/mol. The summed E-state index contributed by atoms with van der Waals surface area (Å²) in [5.74, 6) is -2.93. The summed E-state index contributed by atoms with van der Waals surface area (Å²) in [6.45, 7) is 0. The van der Waals surface area contributed by atoms with Gasteiger partial charge in [-0.1, -0.05) is 6.07 Å². The van der Waals surface area contributed by atoms with E-state index >= 15 is 0 Å². The molecule has 4 nitrogen and oxygen atoms in total. The molecule has 1 aromatic heterocycles. The van der Waals surface area contributed by atoms with Crippen molar-refractivity contribution in [3.05, 3.63) is 57.7 Å². The number of carboxylic acid groups (broad SMARTS) is 1. The first-order chi connectivity index (χ1) is 8.50. The second-order valence-electron chi connectivity index (χ2n) is 3.40. The van der Waals surface area contributed by atoms with E-state index in [2.05, 4.69) is 15.9 Å². The Balaban J connectivity index is 2.41. The average Bonchev–Trinajstić information content (AvgIpc) is 2.81. The smallest absolute Gasteiger partial charge is 0.371 e. The highest BCUT2D eigenvalue weighted by Crippen LogP contribution is 2.23. The molecule has 0 fully saturated rings. The van der Waals surface area contributed by atoms with Gasteiger partial charge in [-0.05, 0) is 40.2 Å². The normalized spacial score (nSPS) is 10.3. The molecular formula is C12H6BrFO4. The Morgan fingerprint density at radius 2 is 1.83 bits per heavy atom. The second kappa shape index (κ2) is 4.73. The molecule has 2 rings (SSSR count). The zero-order valence-electron chi connectivity index (χ0n) is 8.81. The van der Waals surface area contributed by atoms with Crippen molar-refractivity contribution in [1.82, 2.24) is 0 Å². The Kier molecular flexibility index (Phi) is 3.29. The minimum absolute atomic E-state index is 0.0169. The van der Waals surface area contributed by atoms with E-state index in [-0.39, 0.29) is 21.6 Å². The third-order valence-corrected chi connectivity index (χ3v) is 3.04. The number of hydrogen-bond donors (Lipinski definition) is 1. The van der Waals surface area contributed by atoms with Crippen LogP contribution in [0.5, 0.6) is 0 Å². The predicted octanol–water partition coefficient (Wildman–Crippen LogP) is 3.11. The number of benzene rings is 1. The molecule has 0 atom stereocenters. The summed E-state index contributed by atoms with van der Waals surface area (Å²) in [5.41, 5.74) is 0.0706. The molecule has 0 unspecified atom stereocenters. The number of halogens is 2. The molecule has 6 heteroatoms. The van der Waals surface area contributed by atoms with E-state index in [1.807, 2.05) is 0 Å². The Morgan fingerprint density at radius 1 is 1.17 bits per heavy atom. The summed E-state index contributed by atoms with van der Waals surface area (Å²) < 4.78 is 18.1. The summed E-state index contributed by atoms with van der Waals surface area (Å²) >= 11 is 2.96. The van der Waals surface area contributed by atoms with Gasteiger partial charge in [-0.3, -0.25) is 4.79 Å². The molecule has 0 aliphatic heterocycles. The fourth-order valence-electron chi connectivity index (χ4n) is 1.39. The van der Waals surface area contributed by atoms with Gasteiger partial charge >= 0.3 is 5.97 Å². The molecule has 0 amide bonds. The van der Waals surface area contributed by atoms with Crippen molar-refractivity contribution in [2.45, 2.75) is 0 Å². The van der Waals surface area contributed by atoms with Crippen molar-refractivity contribution in [3.8, 4) is 0 Å². The van der Waals surface area contributed by atoms with Gasteiger partial charge in [0, 0.05) is 5.56 Å². The Morgan fingerprint density at radius 3 is 2.44 bits per heavy atom. The predicted molar refractivity (Wildman–Crippen MR) is 63.2 cm³/mol. The van der Waals surface area contributed by atoms with Gasteiger partial charge < -0.3 is 9.52 Å². The van der Waals surface area contributed by atoms with Gasteiger partial charge in [0.1, 0.15) is 5.82 Å². The fraction of sp³-hybridized carbons (Fsp3) is 0. The number of carboxylic acids is 1. The van der Waals surface area contributed by atoms with Crippen molar-refractivity contribution in [2.75, 3.05) is 0 Å². The van der Waals surface area contributed by atoms with E-state index < -0.39 is 17.6 Å². The number of carbonyl (C=O) groups is 2. The van der Waals surface area contributed by atoms with Crippen LogP contribution in [0.4, 0.5) is 4.39 Å². The molecule has 0 aliphatic carbocycles. The topological polar surface area (TPSA) is 67.5 Å². The lowest BCUT2D eigenvalue weighted by molar-refractivity contribution is 0.0660. The van der Waals surface area contributed by atoms with E-state index in [0.717, 1.165) is 0 Å². The number of rotatable bonds is 3. The van der Waals surface area contributed by atoms with Gasteiger partial charge in [0.25, 0.3) is 0 Å². The summed E-state index contributed by atoms with van der Waals surface area (Å²) in [6.07, 6.45) is 0. The molecular weight excluding hydrogens is 307 g/mol. The largest absolute Gasteiger partial charge is 0.475 e. The molecule has 0 aliphatic rings. The van der Waals surface area contributed by atoms with Gasteiger partial charge in [0.2, 0.25) is 11.5 Å².